The first-order valence-corrected chi connectivity index (χ1v) is 8.82. The van der Waals surface area contributed by atoms with Crippen molar-refractivity contribution in [2.24, 2.45) is 4.99 Å². The van der Waals surface area contributed by atoms with E-state index in [4.69, 9.17) is 4.99 Å². The lowest BCUT2D eigenvalue weighted by atomic mass is 10.1. The Bertz CT molecular complexity index is 941. The molecular weight excluding hydrogens is 334 g/mol. The number of aliphatic imine (C=N–C) groups is 1. The van der Waals surface area contributed by atoms with Crippen molar-refractivity contribution >= 4 is 29.0 Å². The molecule has 3 aromatic rings. The molecule has 0 heterocycles. The van der Waals surface area contributed by atoms with Crippen LogP contribution in [-0.2, 0) is 0 Å². The van der Waals surface area contributed by atoms with Crippen LogP contribution in [0.2, 0.25) is 0 Å². The Balaban J connectivity index is 2.03. The Morgan fingerprint density at radius 1 is 0.889 bits per heavy atom. The minimum atomic E-state index is 0.570. The van der Waals surface area contributed by atoms with Crippen molar-refractivity contribution in [3.63, 3.8) is 0 Å². The van der Waals surface area contributed by atoms with Gasteiger partial charge in [-0.05, 0) is 31.2 Å². The molecule has 0 unspecified atom stereocenters. The van der Waals surface area contributed by atoms with Gasteiger partial charge >= 0.3 is 0 Å². The van der Waals surface area contributed by atoms with Crippen LogP contribution in [-0.4, -0.2) is 30.8 Å². The molecule has 0 bridgehead atoms. The fourth-order valence-corrected chi connectivity index (χ4v) is 2.62. The summed E-state index contributed by atoms with van der Waals surface area (Å²) < 4.78 is 0.854. The van der Waals surface area contributed by atoms with Gasteiger partial charge in [-0.3, -0.25) is 0 Å². The standard InChI is InChI=1S/C23H23N3O/c1-18-9-11-19(12-10-18)23(17-26(27)22-7-5-4-6-8-22)24-20-13-15-21(16-14-20)25(2)3/h4-17H,1-3H3/b24-23?,26-17-. The summed E-state index contributed by atoms with van der Waals surface area (Å²) >= 11 is 0. The lowest BCUT2D eigenvalue weighted by molar-refractivity contribution is -0.353. The summed E-state index contributed by atoms with van der Waals surface area (Å²) in [5.41, 5.74) is 5.15. The highest BCUT2D eigenvalue weighted by molar-refractivity contribution is 6.37. The number of benzene rings is 3. The van der Waals surface area contributed by atoms with Gasteiger partial charge < -0.3 is 10.1 Å². The van der Waals surface area contributed by atoms with Crippen LogP contribution < -0.4 is 4.90 Å². The van der Waals surface area contributed by atoms with Gasteiger partial charge in [0.15, 0.2) is 0 Å². The Labute approximate surface area is 160 Å². The van der Waals surface area contributed by atoms with Gasteiger partial charge in [-0.25, -0.2) is 4.99 Å². The summed E-state index contributed by atoms with van der Waals surface area (Å²) in [5, 5.41) is 12.6. The third-order valence-corrected chi connectivity index (χ3v) is 4.21. The molecule has 4 heteroatoms. The first kappa shape index (κ1) is 18.4. The van der Waals surface area contributed by atoms with Crippen LogP contribution in [0.4, 0.5) is 17.1 Å². The molecule has 0 N–H and O–H groups in total. The number of rotatable bonds is 5. The minimum absolute atomic E-state index is 0.570. The van der Waals surface area contributed by atoms with Crippen molar-refractivity contribution in [2.75, 3.05) is 19.0 Å². The molecule has 0 amide bonds. The van der Waals surface area contributed by atoms with Gasteiger partial charge in [0.2, 0.25) is 11.9 Å². The zero-order valence-corrected chi connectivity index (χ0v) is 15.8. The number of hydrogen-bond donors (Lipinski definition) is 0. The van der Waals surface area contributed by atoms with Gasteiger partial charge in [-0.1, -0.05) is 48.0 Å². The van der Waals surface area contributed by atoms with Crippen molar-refractivity contribution in [3.8, 4) is 0 Å². The molecule has 0 atom stereocenters. The zero-order chi connectivity index (χ0) is 19.2. The van der Waals surface area contributed by atoms with Gasteiger partial charge in [-0.2, -0.15) is 4.74 Å². The van der Waals surface area contributed by atoms with E-state index in [1.807, 2.05) is 92.6 Å². The van der Waals surface area contributed by atoms with E-state index in [0.717, 1.165) is 27.2 Å². The smallest absolute Gasteiger partial charge is 0.216 e. The van der Waals surface area contributed by atoms with E-state index >= 15 is 0 Å². The molecule has 0 spiro atoms. The van der Waals surface area contributed by atoms with Crippen molar-refractivity contribution in [2.45, 2.75) is 6.92 Å². The molecule has 0 radical (unpaired) electrons. The van der Waals surface area contributed by atoms with E-state index in [9.17, 15) is 5.21 Å². The Morgan fingerprint density at radius 3 is 2.11 bits per heavy atom. The van der Waals surface area contributed by atoms with E-state index < -0.39 is 0 Å². The van der Waals surface area contributed by atoms with E-state index in [0.29, 0.717) is 11.4 Å². The second-order valence-electron chi connectivity index (χ2n) is 6.56. The maximum Gasteiger partial charge on any atom is 0.216 e. The zero-order valence-electron chi connectivity index (χ0n) is 15.8. The quantitative estimate of drug-likeness (QED) is 0.276. The molecule has 0 saturated heterocycles. The fraction of sp³-hybridized carbons (Fsp3) is 0.130. The monoisotopic (exact) mass is 357 g/mol. The number of nitrogens with zero attached hydrogens (tertiary/aromatic N) is 3. The molecule has 136 valence electrons. The third-order valence-electron chi connectivity index (χ3n) is 4.21. The largest absolute Gasteiger partial charge is 0.618 e. The van der Waals surface area contributed by atoms with Crippen molar-refractivity contribution in [1.82, 2.24) is 0 Å². The summed E-state index contributed by atoms with van der Waals surface area (Å²) in [7, 11) is 4.00. The van der Waals surface area contributed by atoms with Crippen LogP contribution in [0.1, 0.15) is 11.1 Å². The highest BCUT2D eigenvalue weighted by Gasteiger charge is 2.08. The lowest BCUT2D eigenvalue weighted by Gasteiger charge is -2.12. The average Bonchev–Trinajstić information content (AvgIpc) is 2.69. The molecule has 0 saturated carbocycles. The van der Waals surface area contributed by atoms with E-state index in [1.54, 1.807) is 12.1 Å². The Kier molecular flexibility index (Phi) is 5.67. The molecule has 27 heavy (non-hydrogen) atoms. The SMILES string of the molecule is Cc1ccc(C(/C=[N+](\[O-])c2ccccc2)=Nc2ccc(N(C)C)cc2)cc1. The van der Waals surface area contributed by atoms with Crippen LogP contribution in [0.15, 0.2) is 83.9 Å². The summed E-state index contributed by atoms with van der Waals surface area (Å²) in [6.45, 7) is 2.04. The normalized spacial score (nSPS) is 12.1. The molecule has 0 aromatic heterocycles. The first-order valence-electron chi connectivity index (χ1n) is 8.82. The van der Waals surface area contributed by atoms with Gasteiger partial charge in [0.1, 0.15) is 5.71 Å². The van der Waals surface area contributed by atoms with Crippen LogP contribution in [0.5, 0.6) is 0 Å². The number of para-hydroxylation sites is 1. The maximum absolute atomic E-state index is 12.6. The van der Waals surface area contributed by atoms with Gasteiger partial charge in [0.25, 0.3) is 0 Å². The molecule has 0 aliphatic heterocycles. The summed E-state index contributed by atoms with van der Waals surface area (Å²) in [4.78, 5) is 6.76. The Hall–Kier alpha value is -3.40. The van der Waals surface area contributed by atoms with Gasteiger partial charge in [0.05, 0.1) is 5.69 Å². The van der Waals surface area contributed by atoms with Crippen LogP contribution in [0, 0.1) is 12.1 Å². The van der Waals surface area contributed by atoms with E-state index in [-0.39, 0.29) is 0 Å². The molecular formula is C23H23N3O. The summed E-state index contributed by atoms with van der Waals surface area (Å²) in [6.07, 6.45) is 1.53. The maximum atomic E-state index is 12.6. The predicted octanol–water partition coefficient (Wildman–Crippen LogP) is 5.09. The summed E-state index contributed by atoms with van der Waals surface area (Å²) in [6, 6.07) is 25.1. The van der Waals surface area contributed by atoms with Crippen LogP contribution in [0.25, 0.3) is 0 Å². The van der Waals surface area contributed by atoms with Gasteiger partial charge in [0, 0.05) is 37.5 Å². The predicted molar refractivity (Wildman–Crippen MR) is 114 cm³/mol. The topological polar surface area (TPSA) is 41.7 Å². The number of anilines is 1. The lowest BCUT2D eigenvalue weighted by Crippen LogP contribution is -2.10. The summed E-state index contributed by atoms with van der Waals surface area (Å²) in [5.74, 6) is 0. The van der Waals surface area contributed by atoms with Crippen molar-refractivity contribution in [1.29, 1.82) is 0 Å². The molecule has 3 aromatic carbocycles. The minimum Gasteiger partial charge on any atom is -0.618 e. The average molecular weight is 357 g/mol. The molecule has 3 rings (SSSR count). The molecule has 4 nitrogen and oxygen atoms in total. The highest BCUT2D eigenvalue weighted by Crippen LogP contribution is 2.19. The fourth-order valence-electron chi connectivity index (χ4n) is 2.62. The Morgan fingerprint density at radius 2 is 1.52 bits per heavy atom. The van der Waals surface area contributed by atoms with E-state index in [1.165, 1.54) is 6.21 Å². The highest BCUT2D eigenvalue weighted by atomic mass is 16.5. The third kappa shape index (κ3) is 4.82. The second kappa shape index (κ2) is 8.32. The number of aryl methyl sites for hydroxylation is 1. The van der Waals surface area contributed by atoms with Crippen molar-refractivity contribution in [3.05, 3.63) is 95.2 Å². The molecule has 0 fully saturated rings. The first-order chi connectivity index (χ1) is 13.0. The van der Waals surface area contributed by atoms with Gasteiger partial charge in [-0.15, -0.1) is 0 Å². The number of hydrogen-bond acceptors (Lipinski definition) is 3. The molecule has 0 aliphatic carbocycles. The van der Waals surface area contributed by atoms with Crippen molar-refractivity contribution < 1.29 is 4.74 Å². The second-order valence-corrected chi connectivity index (χ2v) is 6.56. The van der Waals surface area contributed by atoms with Crippen LogP contribution >= 0.6 is 0 Å². The van der Waals surface area contributed by atoms with E-state index in [2.05, 4.69) is 0 Å². The molecule has 0 aliphatic rings. The van der Waals surface area contributed by atoms with Crippen LogP contribution in [0.3, 0.4) is 0 Å².